The molecule has 0 aromatic carbocycles. The van der Waals surface area contributed by atoms with E-state index >= 15 is 8.78 Å². The van der Waals surface area contributed by atoms with Gasteiger partial charge >= 0.3 is 0 Å². The molecule has 7 heteroatoms. The lowest BCUT2D eigenvalue weighted by atomic mass is 9.51. The van der Waals surface area contributed by atoms with Crippen molar-refractivity contribution in [2.24, 2.45) is 11.3 Å². The minimum atomic E-state index is -2.31. The van der Waals surface area contributed by atoms with Crippen molar-refractivity contribution in [3.8, 4) is 0 Å². The number of fused-ring (bicyclic) bond motifs is 1. The van der Waals surface area contributed by atoms with Gasteiger partial charge in [-0.05, 0) is 82.2 Å². The van der Waals surface area contributed by atoms with Gasteiger partial charge in [-0.15, -0.1) is 0 Å². The average molecular weight is 501 g/mol. The first-order chi connectivity index (χ1) is 16.9. The fourth-order valence-corrected chi connectivity index (χ4v) is 8.67. The molecule has 5 nitrogen and oxygen atoms in total. The Bertz CT molecular complexity index is 1140. The average Bonchev–Trinajstić information content (AvgIpc) is 3.36. The number of halogens is 2. The molecular weight excluding hydrogens is 462 g/mol. The number of allylic oxidation sites excluding steroid dienone is 3. The molecule has 1 aromatic heterocycles. The molecule has 0 radical (unpaired) electrons. The third-order valence-electron chi connectivity index (χ3n) is 10.8. The molecule has 0 amide bonds. The minimum Gasteiger partial charge on any atom is -0.389 e. The first-order valence-electron chi connectivity index (χ1n) is 13.3. The first kappa shape index (κ1) is 24.7. The van der Waals surface area contributed by atoms with Gasteiger partial charge < -0.3 is 19.8 Å². The van der Waals surface area contributed by atoms with Gasteiger partial charge in [0.2, 0.25) is 0 Å². The van der Waals surface area contributed by atoms with Crippen molar-refractivity contribution in [3.05, 3.63) is 47.3 Å². The summed E-state index contributed by atoms with van der Waals surface area (Å²) in [7, 11) is 3.63. The third-order valence-corrected chi connectivity index (χ3v) is 10.8. The molecule has 3 unspecified atom stereocenters. The SMILES string of the molecule is Cc1ncccc1/C=C/C1=CCC2[C@@]34CC[C@]5(C[C@H](N(C)C)[C@@H](O)[C@H](O)C5(F)CC3(F)CC[C@]12C)O4. The summed E-state index contributed by atoms with van der Waals surface area (Å²) in [6, 6.07) is 3.50. The van der Waals surface area contributed by atoms with Crippen LogP contribution in [0.4, 0.5) is 8.78 Å². The van der Waals surface area contributed by atoms with Crippen molar-refractivity contribution in [3.63, 3.8) is 0 Å². The Labute approximate surface area is 212 Å². The van der Waals surface area contributed by atoms with Crippen LogP contribution in [0.15, 0.2) is 36.1 Å². The Morgan fingerprint density at radius 3 is 2.64 bits per heavy atom. The molecule has 2 spiro atoms. The van der Waals surface area contributed by atoms with Crippen LogP contribution in [0.3, 0.4) is 0 Å². The second-order valence-corrected chi connectivity index (χ2v) is 12.5. The summed E-state index contributed by atoms with van der Waals surface area (Å²) in [5.41, 5.74) is -3.67. The molecule has 2 saturated carbocycles. The van der Waals surface area contributed by atoms with Gasteiger partial charge in [-0.25, -0.2) is 8.78 Å². The van der Waals surface area contributed by atoms with Gasteiger partial charge in [0, 0.05) is 30.3 Å². The van der Waals surface area contributed by atoms with Gasteiger partial charge in [0.05, 0.1) is 6.10 Å². The summed E-state index contributed by atoms with van der Waals surface area (Å²) < 4.78 is 40.7. The van der Waals surface area contributed by atoms with Gasteiger partial charge in [0.15, 0.2) is 5.67 Å². The maximum absolute atomic E-state index is 17.1. The summed E-state index contributed by atoms with van der Waals surface area (Å²) in [4.78, 5) is 6.19. The molecule has 196 valence electrons. The third kappa shape index (κ3) is 2.92. The molecule has 1 aromatic rings. The predicted octanol–water partition coefficient (Wildman–Crippen LogP) is 4.31. The zero-order valence-electron chi connectivity index (χ0n) is 21.7. The summed E-state index contributed by atoms with van der Waals surface area (Å²) in [6.07, 6.45) is 7.33. The number of aliphatic hydroxyl groups is 2. The molecule has 5 aliphatic rings. The van der Waals surface area contributed by atoms with E-state index in [1.807, 2.05) is 38.1 Å². The van der Waals surface area contributed by atoms with Crippen molar-refractivity contribution in [1.29, 1.82) is 0 Å². The van der Waals surface area contributed by atoms with Gasteiger partial charge in [-0.3, -0.25) is 4.98 Å². The lowest BCUT2D eigenvalue weighted by molar-refractivity contribution is -0.347. The van der Waals surface area contributed by atoms with Crippen LogP contribution in [0.2, 0.25) is 0 Å². The number of nitrogens with zero attached hydrogens (tertiary/aromatic N) is 2. The van der Waals surface area contributed by atoms with Gasteiger partial charge in [0.1, 0.15) is 23.0 Å². The van der Waals surface area contributed by atoms with Crippen LogP contribution in [0, 0.1) is 18.3 Å². The summed E-state index contributed by atoms with van der Waals surface area (Å²) in [5, 5.41) is 21.8. The summed E-state index contributed by atoms with van der Waals surface area (Å²) in [5.74, 6) is -0.107. The molecule has 2 aliphatic heterocycles. The molecule has 2 saturated heterocycles. The van der Waals surface area contributed by atoms with Crippen LogP contribution in [0.1, 0.15) is 63.1 Å². The number of likely N-dealkylation sites (N-methyl/N-ethyl adjacent to an activating group) is 1. The van der Waals surface area contributed by atoms with Gasteiger partial charge in [0.25, 0.3) is 0 Å². The number of hydrogen-bond donors (Lipinski definition) is 2. The van der Waals surface area contributed by atoms with E-state index in [1.54, 1.807) is 6.20 Å². The zero-order chi connectivity index (χ0) is 25.7. The normalized spacial score (nSPS) is 49.6. The van der Waals surface area contributed by atoms with Crippen molar-refractivity contribution in [1.82, 2.24) is 9.88 Å². The molecule has 9 atom stereocenters. The largest absolute Gasteiger partial charge is 0.389 e. The number of aryl methyl sites for hydroxylation is 1. The molecule has 2 bridgehead atoms. The van der Waals surface area contributed by atoms with Gasteiger partial charge in [-0.1, -0.05) is 31.2 Å². The fraction of sp³-hybridized carbons (Fsp3) is 0.690. The fourth-order valence-electron chi connectivity index (χ4n) is 8.67. The lowest BCUT2D eigenvalue weighted by Crippen LogP contribution is -2.78. The number of aliphatic hydroxyl groups excluding tert-OH is 2. The highest BCUT2D eigenvalue weighted by atomic mass is 19.2. The molecule has 2 N–H and O–H groups in total. The number of hydrogen-bond acceptors (Lipinski definition) is 5. The number of aromatic nitrogens is 1. The van der Waals surface area contributed by atoms with E-state index in [1.165, 1.54) is 5.57 Å². The molecule has 6 rings (SSSR count). The van der Waals surface area contributed by atoms with Crippen LogP contribution in [-0.4, -0.2) is 75.0 Å². The number of rotatable bonds is 3. The summed E-state index contributed by atoms with van der Waals surface area (Å²) >= 11 is 0. The molecular formula is C29H38F2N2O3. The number of alkyl halides is 2. The minimum absolute atomic E-state index is 0.107. The van der Waals surface area contributed by atoms with Crippen LogP contribution in [0.5, 0.6) is 0 Å². The van der Waals surface area contributed by atoms with E-state index in [9.17, 15) is 10.2 Å². The quantitative estimate of drug-likeness (QED) is 0.648. The molecule has 3 aliphatic carbocycles. The van der Waals surface area contributed by atoms with E-state index in [0.29, 0.717) is 25.7 Å². The Morgan fingerprint density at radius 1 is 1.14 bits per heavy atom. The van der Waals surface area contributed by atoms with Gasteiger partial charge in [-0.2, -0.15) is 0 Å². The van der Waals surface area contributed by atoms with E-state index in [-0.39, 0.29) is 24.2 Å². The monoisotopic (exact) mass is 500 g/mol. The first-order valence-corrected chi connectivity index (χ1v) is 13.3. The van der Waals surface area contributed by atoms with Crippen molar-refractivity contribution in [2.45, 2.75) is 99.6 Å². The topological polar surface area (TPSA) is 65.8 Å². The highest BCUT2D eigenvalue weighted by Gasteiger charge is 2.82. The number of pyridine rings is 1. The highest BCUT2D eigenvalue weighted by molar-refractivity contribution is 5.56. The second-order valence-electron chi connectivity index (χ2n) is 12.5. The molecule has 36 heavy (non-hydrogen) atoms. The molecule has 3 heterocycles. The van der Waals surface area contributed by atoms with Crippen LogP contribution in [-0.2, 0) is 4.74 Å². The standard InChI is InChI=1S/C29H38F2N2O3/c1-18-19(6-5-15-32-18)7-8-20-9-10-22-25(20,2)11-12-26(30)17-28(31)24(35)23(34)21(33(3)4)16-27(28)13-14-29(22,26)36-27/h5-9,15,21-24,34-35H,10-14,16-17H2,1-4H3/b8-7+/t21-,22?,23+,24-,25+,26?,27+,28?,29-/m0/s1. The Kier molecular flexibility index (Phi) is 5.26. The maximum Gasteiger partial charge on any atom is 0.171 e. The zero-order valence-corrected chi connectivity index (χ0v) is 21.7. The lowest BCUT2D eigenvalue weighted by Gasteiger charge is -2.65. The van der Waals surface area contributed by atoms with E-state index in [2.05, 4.69) is 30.1 Å². The Balaban J connectivity index is 1.36. The second kappa shape index (κ2) is 7.68. The smallest absolute Gasteiger partial charge is 0.171 e. The Morgan fingerprint density at radius 2 is 1.92 bits per heavy atom. The number of ether oxygens (including phenoxy) is 1. The van der Waals surface area contributed by atoms with Crippen molar-refractivity contribution in [2.75, 3.05) is 14.1 Å². The van der Waals surface area contributed by atoms with Crippen LogP contribution >= 0.6 is 0 Å². The maximum atomic E-state index is 17.1. The predicted molar refractivity (Wildman–Crippen MR) is 134 cm³/mol. The van der Waals surface area contributed by atoms with Crippen molar-refractivity contribution >= 4 is 6.08 Å². The summed E-state index contributed by atoms with van der Waals surface area (Å²) in [6.45, 7) is 4.19. The van der Waals surface area contributed by atoms with E-state index in [0.717, 1.165) is 11.3 Å². The molecule has 4 fully saturated rings. The van der Waals surface area contributed by atoms with Crippen molar-refractivity contribution < 1.29 is 23.7 Å². The Hall–Kier alpha value is -1.67. The van der Waals surface area contributed by atoms with E-state index in [4.69, 9.17) is 4.74 Å². The van der Waals surface area contributed by atoms with Crippen LogP contribution < -0.4 is 0 Å². The highest BCUT2D eigenvalue weighted by Crippen LogP contribution is 2.73. The van der Waals surface area contributed by atoms with E-state index < -0.39 is 47.2 Å². The van der Waals surface area contributed by atoms with Crippen LogP contribution in [0.25, 0.3) is 6.08 Å².